The highest BCUT2D eigenvalue weighted by Crippen LogP contribution is 2.32. The predicted octanol–water partition coefficient (Wildman–Crippen LogP) is 4.10. The van der Waals surface area contributed by atoms with E-state index in [9.17, 15) is 0 Å². The Balaban J connectivity index is 1.97. The lowest BCUT2D eigenvalue weighted by Gasteiger charge is -2.21. The van der Waals surface area contributed by atoms with Gasteiger partial charge in [0.05, 0.1) is 6.61 Å². The predicted molar refractivity (Wildman–Crippen MR) is 87.7 cm³/mol. The maximum Gasteiger partial charge on any atom is 0.213 e. The van der Waals surface area contributed by atoms with E-state index < -0.39 is 0 Å². The highest BCUT2D eigenvalue weighted by molar-refractivity contribution is 5.25. The van der Waals surface area contributed by atoms with Crippen LogP contribution in [0.15, 0.2) is 12.1 Å². The molecule has 0 spiro atoms. The molecule has 0 aliphatic heterocycles. The second-order valence-corrected chi connectivity index (χ2v) is 7.24. The smallest absolute Gasteiger partial charge is 0.213 e. The molecule has 1 aromatic rings. The quantitative estimate of drug-likeness (QED) is 0.782. The molecule has 1 N–H and O–H groups in total. The summed E-state index contributed by atoms with van der Waals surface area (Å²) in [6.45, 7) is 10.4. The van der Waals surface area contributed by atoms with E-state index in [0.29, 0.717) is 0 Å². The van der Waals surface area contributed by atoms with Crippen LogP contribution in [0.4, 0.5) is 0 Å². The lowest BCUT2D eigenvalue weighted by molar-refractivity contribution is 0.290. The first kappa shape index (κ1) is 16.3. The van der Waals surface area contributed by atoms with Gasteiger partial charge in [0.25, 0.3) is 0 Å². The van der Waals surface area contributed by atoms with Gasteiger partial charge in [-0.25, -0.2) is 4.98 Å². The summed E-state index contributed by atoms with van der Waals surface area (Å²) in [6.07, 6.45) is 6.07. The van der Waals surface area contributed by atoms with Crippen molar-refractivity contribution in [2.24, 2.45) is 5.92 Å². The number of hydrogen-bond donors (Lipinski definition) is 1. The number of ether oxygens (including phenoxy) is 1. The van der Waals surface area contributed by atoms with Crippen LogP contribution in [0.25, 0.3) is 0 Å². The maximum absolute atomic E-state index is 5.88. The highest BCUT2D eigenvalue weighted by Gasteiger charge is 2.20. The Morgan fingerprint density at radius 3 is 2.67 bits per heavy atom. The van der Waals surface area contributed by atoms with Crippen LogP contribution in [0, 0.1) is 5.92 Å². The Labute approximate surface area is 129 Å². The van der Waals surface area contributed by atoms with Crippen LogP contribution in [-0.2, 0) is 13.0 Å². The molecule has 1 fully saturated rings. The van der Waals surface area contributed by atoms with Gasteiger partial charge in [-0.15, -0.1) is 0 Å². The fraction of sp³-hybridized carbons (Fsp3) is 0.722. The Morgan fingerprint density at radius 2 is 2.05 bits per heavy atom. The van der Waals surface area contributed by atoms with Crippen molar-refractivity contribution in [3.05, 3.63) is 23.4 Å². The minimum atomic E-state index is 0.126. The molecule has 1 aliphatic rings. The zero-order chi connectivity index (χ0) is 15.3. The highest BCUT2D eigenvalue weighted by atomic mass is 16.5. The van der Waals surface area contributed by atoms with E-state index in [1.807, 2.05) is 0 Å². The minimum absolute atomic E-state index is 0.126. The van der Waals surface area contributed by atoms with Gasteiger partial charge >= 0.3 is 0 Å². The van der Waals surface area contributed by atoms with Crippen molar-refractivity contribution in [1.29, 1.82) is 0 Å². The summed E-state index contributed by atoms with van der Waals surface area (Å²) in [7, 11) is 0. The second kappa shape index (κ2) is 7.26. The Morgan fingerprint density at radius 1 is 1.29 bits per heavy atom. The van der Waals surface area contributed by atoms with Gasteiger partial charge in [-0.2, -0.15) is 0 Å². The summed E-state index contributed by atoms with van der Waals surface area (Å²) < 4.78 is 5.88. The normalized spacial score (nSPS) is 15.2. The monoisotopic (exact) mass is 290 g/mol. The molecular weight excluding hydrogens is 260 g/mol. The first-order valence-corrected chi connectivity index (χ1v) is 8.34. The van der Waals surface area contributed by atoms with E-state index in [1.165, 1.54) is 24.8 Å². The van der Waals surface area contributed by atoms with Crippen LogP contribution >= 0.6 is 0 Å². The Kier molecular flexibility index (Phi) is 5.63. The number of pyridine rings is 1. The molecule has 0 aromatic carbocycles. The maximum atomic E-state index is 5.88. The summed E-state index contributed by atoms with van der Waals surface area (Å²) in [4.78, 5) is 4.63. The van der Waals surface area contributed by atoms with Gasteiger partial charge in [0.1, 0.15) is 0 Å². The van der Waals surface area contributed by atoms with Gasteiger partial charge in [-0.3, -0.25) is 0 Å². The zero-order valence-corrected chi connectivity index (χ0v) is 14.0. The van der Waals surface area contributed by atoms with Gasteiger partial charge in [-0.1, -0.05) is 26.2 Å². The lowest BCUT2D eigenvalue weighted by atomic mass is 10.1. The second-order valence-electron chi connectivity index (χ2n) is 7.24. The van der Waals surface area contributed by atoms with Crippen LogP contribution in [0.3, 0.4) is 0 Å². The summed E-state index contributed by atoms with van der Waals surface area (Å²) in [5.41, 5.74) is 2.54. The van der Waals surface area contributed by atoms with Crippen LogP contribution in [-0.4, -0.2) is 17.1 Å². The molecule has 3 heteroatoms. The summed E-state index contributed by atoms with van der Waals surface area (Å²) in [5, 5.41) is 3.54. The van der Waals surface area contributed by atoms with Crippen molar-refractivity contribution < 1.29 is 4.74 Å². The fourth-order valence-electron chi connectivity index (χ4n) is 2.28. The number of hydrogen-bond acceptors (Lipinski definition) is 3. The van der Waals surface area contributed by atoms with Gasteiger partial charge in [0, 0.05) is 23.8 Å². The molecule has 0 amide bonds. The molecular formula is C18H30N2O. The van der Waals surface area contributed by atoms with Crippen LogP contribution in [0.2, 0.25) is 0 Å². The molecule has 1 aliphatic carbocycles. The molecule has 0 bridgehead atoms. The van der Waals surface area contributed by atoms with Crippen molar-refractivity contribution in [1.82, 2.24) is 10.3 Å². The van der Waals surface area contributed by atoms with E-state index in [4.69, 9.17) is 4.74 Å². The van der Waals surface area contributed by atoms with E-state index in [-0.39, 0.29) is 5.54 Å². The van der Waals surface area contributed by atoms with E-state index >= 15 is 0 Å². The molecule has 2 rings (SSSR count). The molecule has 0 radical (unpaired) electrons. The van der Waals surface area contributed by atoms with E-state index in [2.05, 4.69) is 50.1 Å². The standard InChI is InChI=1S/C18H30N2O/c1-5-6-16-11-15(13-19-18(2,3)4)12-17(20-16)21-10-9-14-7-8-14/h11-12,14,19H,5-10,13H2,1-4H3. The zero-order valence-electron chi connectivity index (χ0n) is 14.0. The van der Waals surface area contributed by atoms with Gasteiger partial charge in [-0.05, 0) is 51.2 Å². The molecule has 1 heterocycles. The van der Waals surface area contributed by atoms with Crippen molar-refractivity contribution in [3.8, 4) is 5.88 Å². The summed E-state index contributed by atoms with van der Waals surface area (Å²) >= 11 is 0. The topological polar surface area (TPSA) is 34.1 Å². The molecule has 3 nitrogen and oxygen atoms in total. The van der Waals surface area contributed by atoms with E-state index in [0.717, 1.165) is 43.5 Å². The molecule has 0 atom stereocenters. The van der Waals surface area contributed by atoms with Crippen LogP contribution in [0.1, 0.15) is 64.6 Å². The summed E-state index contributed by atoms with van der Waals surface area (Å²) in [6, 6.07) is 4.29. The third-order valence-corrected chi connectivity index (χ3v) is 3.72. The number of nitrogens with one attached hydrogen (secondary N) is 1. The SMILES string of the molecule is CCCc1cc(CNC(C)(C)C)cc(OCCC2CC2)n1. The number of aromatic nitrogens is 1. The molecule has 118 valence electrons. The molecule has 21 heavy (non-hydrogen) atoms. The fourth-order valence-corrected chi connectivity index (χ4v) is 2.28. The first-order chi connectivity index (χ1) is 9.96. The van der Waals surface area contributed by atoms with Crippen molar-refractivity contribution in [2.45, 2.75) is 71.9 Å². The number of rotatable bonds is 8. The van der Waals surface area contributed by atoms with Crippen LogP contribution < -0.4 is 10.1 Å². The lowest BCUT2D eigenvalue weighted by Crippen LogP contribution is -2.35. The van der Waals surface area contributed by atoms with Crippen molar-refractivity contribution >= 4 is 0 Å². The van der Waals surface area contributed by atoms with Crippen molar-refractivity contribution in [3.63, 3.8) is 0 Å². The molecule has 1 aromatic heterocycles. The Bertz CT molecular complexity index is 447. The third kappa shape index (κ3) is 6.47. The molecule has 0 unspecified atom stereocenters. The first-order valence-electron chi connectivity index (χ1n) is 8.34. The Hall–Kier alpha value is -1.09. The number of aryl methyl sites for hydroxylation is 1. The van der Waals surface area contributed by atoms with Gasteiger partial charge < -0.3 is 10.1 Å². The van der Waals surface area contributed by atoms with Gasteiger partial charge in [0.15, 0.2) is 0 Å². The van der Waals surface area contributed by atoms with E-state index in [1.54, 1.807) is 0 Å². The molecule has 0 saturated heterocycles. The van der Waals surface area contributed by atoms with Gasteiger partial charge in [0.2, 0.25) is 5.88 Å². The number of nitrogens with zero attached hydrogens (tertiary/aromatic N) is 1. The summed E-state index contributed by atoms with van der Waals surface area (Å²) in [5.74, 6) is 1.71. The minimum Gasteiger partial charge on any atom is -0.478 e. The van der Waals surface area contributed by atoms with Crippen molar-refractivity contribution in [2.75, 3.05) is 6.61 Å². The average Bonchev–Trinajstić information content (AvgIpc) is 3.20. The third-order valence-electron chi connectivity index (χ3n) is 3.72. The average molecular weight is 290 g/mol. The largest absolute Gasteiger partial charge is 0.478 e. The van der Waals surface area contributed by atoms with Crippen LogP contribution in [0.5, 0.6) is 5.88 Å². The molecule has 1 saturated carbocycles.